The van der Waals surface area contributed by atoms with Gasteiger partial charge in [-0.2, -0.15) is 0 Å². The van der Waals surface area contributed by atoms with Crippen LogP contribution in [0.1, 0.15) is 43.0 Å². The van der Waals surface area contributed by atoms with Crippen LogP contribution < -0.4 is 5.32 Å². The van der Waals surface area contributed by atoms with E-state index >= 15 is 0 Å². The largest absolute Gasteiger partial charge is 0.340 e. The van der Waals surface area contributed by atoms with Crippen LogP contribution in [0, 0.1) is 5.82 Å². The topological polar surface area (TPSA) is 41.0 Å². The highest BCUT2D eigenvalue weighted by atomic mass is 19.1. The summed E-state index contributed by atoms with van der Waals surface area (Å²) in [6.07, 6.45) is 7.86. The number of benzene rings is 1. The van der Waals surface area contributed by atoms with Gasteiger partial charge in [-0.3, -0.25) is 9.88 Å². The van der Waals surface area contributed by atoms with E-state index in [-0.39, 0.29) is 5.82 Å². The van der Waals surface area contributed by atoms with Crippen molar-refractivity contribution in [2.75, 3.05) is 11.9 Å². The molecule has 1 saturated heterocycles. The third-order valence-electron chi connectivity index (χ3n) is 5.23. The van der Waals surface area contributed by atoms with Gasteiger partial charge in [0, 0.05) is 24.5 Å². The first-order chi connectivity index (χ1) is 13.8. The zero-order valence-corrected chi connectivity index (χ0v) is 15.9. The Balaban J connectivity index is 1.55. The summed E-state index contributed by atoms with van der Waals surface area (Å²) in [4.78, 5) is 11.1. The monoisotopic (exact) mass is 376 g/mol. The number of nitrogens with zero attached hydrogens (tertiary/aromatic N) is 3. The van der Waals surface area contributed by atoms with Gasteiger partial charge in [-0.05, 0) is 61.3 Å². The molecule has 0 radical (unpaired) electrons. The lowest BCUT2D eigenvalue weighted by Crippen LogP contribution is -2.28. The van der Waals surface area contributed by atoms with Crippen LogP contribution in [0.2, 0.25) is 0 Å². The molecule has 28 heavy (non-hydrogen) atoms. The van der Waals surface area contributed by atoms with Gasteiger partial charge in [-0.25, -0.2) is 9.37 Å². The van der Waals surface area contributed by atoms with Gasteiger partial charge in [-0.15, -0.1) is 0 Å². The molecule has 1 aliphatic rings. The van der Waals surface area contributed by atoms with E-state index in [9.17, 15) is 4.39 Å². The van der Waals surface area contributed by atoms with Gasteiger partial charge in [0.2, 0.25) is 0 Å². The number of pyridine rings is 2. The molecule has 1 fully saturated rings. The Bertz CT molecular complexity index is 883. The molecule has 0 spiro atoms. The molecule has 4 rings (SSSR count). The fourth-order valence-electron chi connectivity index (χ4n) is 3.85. The van der Waals surface area contributed by atoms with Crippen LogP contribution in [-0.4, -0.2) is 21.4 Å². The molecule has 144 valence electrons. The summed E-state index contributed by atoms with van der Waals surface area (Å²) in [6, 6.07) is 18.0. The highest BCUT2D eigenvalue weighted by molar-refractivity contribution is 5.57. The van der Waals surface area contributed by atoms with E-state index < -0.39 is 0 Å². The first kappa shape index (κ1) is 18.6. The summed E-state index contributed by atoms with van der Waals surface area (Å²) in [5.74, 6) is 0.553. The van der Waals surface area contributed by atoms with Crippen molar-refractivity contribution in [2.45, 2.75) is 38.3 Å². The maximum Gasteiger partial charge on any atom is 0.141 e. The van der Waals surface area contributed by atoms with E-state index in [1.54, 1.807) is 12.3 Å². The Kier molecular flexibility index (Phi) is 5.92. The van der Waals surface area contributed by atoms with Crippen LogP contribution in [0.5, 0.6) is 0 Å². The van der Waals surface area contributed by atoms with Gasteiger partial charge >= 0.3 is 0 Å². The summed E-state index contributed by atoms with van der Waals surface area (Å²) in [5.41, 5.74) is 3.25. The van der Waals surface area contributed by atoms with Crippen molar-refractivity contribution in [1.82, 2.24) is 14.9 Å². The molecular formula is C23H25FN4. The second kappa shape index (κ2) is 8.93. The Labute approximate surface area is 165 Å². The van der Waals surface area contributed by atoms with Crippen molar-refractivity contribution < 1.29 is 4.39 Å². The van der Waals surface area contributed by atoms with Crippen molar-refractivity contribution in [3.63, 3.8) is 0 Å². The van der Waals surface area contributed by atoms with Gasteiger partial charge < -0.3 is 5.32 Å². The van der Waals surface area contributed by atoms with Gasteiger partial charge in [0.15, 0.2) is 0 Å². The number of likely N-dealkylation sites (tertiary alicyclic amines) is 1. The summed E-state index contributed by atoms with van der Waals surface area (Å²) in [7, 11) is 0. The van der Waals surface area contributed by atoms with Crippen LogP contribution in [0.3, 0.4) is 0 Å². The summed E-state index contributed by atoms with van der Waals surface area (Å²) >= 11 is 0. The van der Waals surface area contributed by atoms with Crippen molar-refractivity contribution in [3.8, 4) is 0 Å². The number of hydrogen-bond donors (Lipinski definition) is 1. The van der Waals surface area contributed by atoms with E-state index in [1.807, 2.05) is 18.2 Å². The van der Waals surface area contributed by atoms with Crippen LogP contribution in [0.15, 0.2) is 67.0 Å². The Morgan fingerprint density at radius 3 is 2.79 bits per heavy atom. The summed E-state index contributed by atoms with van der Waals surface area (Å²) in [5, 5.41) is 3.39. The summed E-state index contributed by atoms with van der Waals surface area (Å²) in [6.45, 7) is 1.77. The zero-order chi connectivity index (χ0) is 19.2. The van der Waals surface area contributed by atoms with E-state index in [0.717, 1.165) is 36.7 Å². The average molecular weight is 376 g/mol. The third-order valence-corrected chi connectivity index (χ3v) is 5.23. The lowest BCUT2D eigenvalue weighted by atomic mass is 10.00. The molecule has 1 unspecified atom stereocenters. The maximum atomic E-state index is 13.2. The highest BCUT2D eigenvalue weighted by Gasteiger charge is 2.23. The minimum Gasteiger partial charge on any atom is -0.340 e. The summed E-state index contributed by atoms with van der Waals surface area (Å²) < 4.78 is 13.2. The SMILES string of the molecule is Fc1ccc(CN2CCCCCC2c2cccc(Nc3ccccn3)c2)nc1. The van der Waals surface area contributed by atoms with Crippen molar-refractivity contribution in [2.24, 2.45) is 0 Å². The second-order valence-corrected chi connectivity index (χ2v) is 7.27. The maximum absolute atomic E-state index is 13.2. The Hall–Kier alpha value is -2.79. The number of aromatic nitrogens is 2. The van der Waals surface area contributed by atoms with E-state index in [4.69, 9.17) is 0 Å². The quantitative estimate of drug-likeness (QED) is 0.640. The second-order valence-electron chi connectivity index (χ2n) is 7.27. The zero-order valence-electron chi connectivity index (χ0n) is 15.9. The number of anilines is 2. The van der Waals surface area contributed by atoms with Crippen LogP contribution in [0.25, 0.3) is 0 Å². The van der Waals surface area contributed by atoms with Crippen LogP contribution >= 0.6 is 0 Å². The molecule has 0 saturated carbocycles. The number of rotatable bonds is 5. The molecule has 1 atom stereocenters. The van der Waals surface area contributed by atoms with Crippen molar-refractivity contribution >= 4 is 11.5 Å². The van der Waals surface area contributed by atoms with Crippen LogP contribution in [0.4, 0.5) is 15.9 Å². The smallest absolute Gasteiger partial charge is 0.141 e. The molecule has 4 nitrogen and oxygen atoms in total. The van der Waals surface area contributed by atoms with Gasteiger partial charge in [-0.1, -0.05) is 31.0 Å². The molecule has 0 amide bonds. The van der Waals surface area contributed by atoms with Crippen molar-refractivity contribution in [1.29, 1.82) is 0 Å². The van der Waals surface area contributed by atoms with Gasteiger partial charge in [0.1, 0.15) is 11.6 Å². The molecule has 3 heterocycles. The molecule has 0 bridgehead atoms. The fraction of sp³-hybridized carbons (Fsp3) is 0.304. The minimum absolute atomic E-state index is 0.288. The Morgan fingerprint density at radius 2 is 1.96 bits per heavy atom. The molecule has 3 aromatic rings. The lowest BCUT2D eigenvalue weighted by molar-refractivity contribution is 0.190. The first-order valence-corrected chi connectivity index (χ1v) is 9.90. The van der Waals surface area contributed by atoms with E-state index in [2.05, 4.69) is 44.5 Å². The minimum atomic E-state index is -0.288. The normalized spacial score (nSPS) is 17.8. The van der Waals surface area contributed by atoms with Gasteiger partial charge in [0.05, 0.1) is 11.9 Å². The molecule has 2 aromatic heterocycles. The van der Waals surface area contributed by atoms with E-state index in [0.29, 0.717) is 6.04 Å². The number of nitrogens with one attached hydrogen (secondary N) is 1. The molecular weight excluding hydrogens is 351 g/mol. The van der Waals surface area contributed by atoms with E-state index in [1.165, 1.54) is 37.1 Å². The standard InChI is InChI=1S/C23H25FN4/c24-19-11-12-21(26-16-19)17-28-14-5-1-2-9-22(28)18-7-6-8-20(15-18)27-23-10-3-4-13-25-23/h3-4,6-8,10-13,15-16,22H,1-2,5,9,14,17H2,(H,25,27). The van der Waals surface area contributed by atoms with Crippen molar-refractivity contribution in [3.05, 3.63) is 84.1 Å². The van der Waals surface area contributed by atoms with Crippen LogP contribution in [-0.2, 0) is 6.54 Å². The molecule has 1 N–H and O–H groups in total. The number of halogens is 1. The lowest BCUT2D eigenvalue weighted by Gasteiger charge is -2.30. The average Bonchev–Trinajstić information content (AvgIpc) is 2.96. The molecule has 5 heteroatoms. The predicted octanol–water partition coefficient (Wildman–Crippen LogP) is 5.48. The van der Waals surface area contributed by atoms with Gasteiger partial charge in [0.25, 0.3) is 0 Å². The predicted molar refractivity (Wildman–Crippen MR) is 110 cm³/mol. The fourth-order valence-corrected chi connectivity index (χ4v) is 3.85. The third kappa shape index (κ3) is 4.73. The Morgan fingerprint density at radius 1 is 1.00 bits per heavy atom. The molecule has 0 aliphatic carbocycles. The molecule has 1 aliphatic heterocycles. The highest BCUT2D eigenvalue weighted by Crippen LogP contribution is 2.32. The first-order valence-electron chi connectivity index (χ1n) is 9.90. The number of hydrogen-bond acceptors (Lipinski definition) is 4. The molecule has 1 aromatic carbocycles.